The van der Waals surface area contributed by atoms with E-state index in [1.165, 1.54) is 17.8 Å². The van der Waals surface area contributed by atoms with Gasteiger partial charge in [-0.15, -0.1) is 11.8 Å². The molecule has 0 atom stereocenters. The number of aromatic nitrogens is 2. The van der Waals surface area contributed by atoms with Gasteiger partial charge in [-0.2, -0.15) is 10.4 Å². The summed E-state index contributed by atoms with van der Waals surface area (Å²) in [5, 5.41) is 19.2. The number of hydrogen-bond donors (Lipinski definition) is 2. The van der Waals surface area contributed by atoms with Gasteiger partial charge in [0.05, 0.1) is 0 Å². The van der Waals surface area contributed by atoms with Crippen LogP contribution in [0.3, 0.4) is 0 Å². The van der Waals surface area contributed by atoms with Crippen LogP contribution in [0.25, 0.3) is 11.0 Å². The van der Waals surface area contributed by atoms with E-state index >= 15 is 0 Å². The molecule has 2 N–H and O–H groups in total. The van der Waals surface area contributed by atoms with Gasteiger partial charge in [0.1, 0.15) is 33.6 Å². The number of nitriles is 1. The van der Waals surface area contributed by atoms with E-state index < -0.39 is 11.5 Å². The Labute approximate surface area is 134 Å². The topological polar surface area (TPSA) is 112 Å². The molecule has 1 amide bonds. The van der Waals surface area contributed by atoms with Crippen LogP contribution in [0.1, 0.15) is 15.9 Å². The van der Waals surface area contributed by atoms with Gasteiger partial charge in [-0.25, -0.2) is 4.79 Å². The average Bonchev–Trinajstić information content (AvgIpc) is 2.95. The van der Waals surface area contributed by atoms with Crippen molar-refractivity contribution in [2.75, 3.05) is 11.6 Å². The smallest absolute Gasteiger partial charge is 0.349 e. The first kappa shape index (κ1) is 14.9. The SMILES string of the molecule is CSc1n[nH]c(NC(=O)c2cc3ccccc3oc2=O)c1C#N. The number of carbonyl (C=O) groups excluding carboxylic acids is 1. The first-order chi connectivity index (χ1) is 11.1. The highest BCUT2D eigenvalue weighted by Crippen LogP contribution is 2.23. The molecular formula is C15H10N4O3S. The Bertz CT molecular complexity index is 1000. The van der Waals surface area contributed by atoms with E-state index in [1.807, 2.05) is 6.07 Å². The highest BCUT2D eigenvalue weighted by atomic mass is 32.2. The third-order valence-corrected chi connectivity index (χ3v) is 3.84. The molecule has 3 aromatic rings. The van der Waals surface area contributed by atoms with Crippen molar-refractivity contribution in [1.82, 2.24) is 10.2 Å². The maximum Gasteiger partial charge on any atom is 0.349 e. The minimum atomic E-state index is -0.746. The van der Waals surface area contributed by atoms with Crippen molar-refractivity contribution < 1.29 is 9.21 Å². The lowest BCUT2D eigenvalue weighted by atomic mass is 10.2. The van der Waals surface area contributed by atoms with Crippen LogP contribution in [0.15, 0.2) is 44.6 Å². The van der Waals surface area contributed by atoms with Crippen LogP contribution < -0.4 is 10.9 Å². The first-order valence-electron chi connectivity index (χ1n) is 6.50. The molecule has 0 fully saturated rings. The van der Waals surface area contributed by atoms with E-state index in [4.69, 9.17) is 9.68 Å². The fraction of sp³-hybridized carbons (Fsp3) is 0.0667. The van der Waals surface area contributed by atoms with Crippen LogP contribution in [-0.2, 0) is 0 Å². The van der Waals surface area contributed by atoms with Crippen LogP contribution >= 0.6 is 11.8 Å². The number of fused-ring (bicyclic) bond motifs is 1. The monoisotopic (exact) mass is 326 g/mol. The quantitative estimate of drug-likeness (QED) is 0.564. The second-order valence-corrected chi connectivity index (χ2v) is 5.33. The molecule has 114 valence electrons. The molecule has 0 saturated heterocycles. The van der Waals surface area contributed by atoms with Crippen LogP contribution in [-0.4, -0.2) is 22.4 Å². The number of nitrogens with zero attached hydrogens (tertiary/aromatic N) is 2. The fourth-order valence-corrected chi connectivity index (χ4v) is 2.56. The van der Waals surface area contributed by atoms with Gasteiger partial charge < -0.3 is 9.73 Å². The van der Waals surface area contributed by atoms with Crippen molar-refractivity contribution in [1.29, 1.82) is 5.26 Å². The Morgan fingerprint density at radius 2 is 2.22 bits per heavy atom. The molecule has 23 heavy (non-hydrogen) atoms. The number of thioether (sulfide) groups is 1. The number of carbonyl (C=O) groups is 1. The summed E-state index contributed by atoms with van der Waals surface area (Å²) in [6.45, 7) is 0. The Kier molecular flexibility index (Phi) is 3.87. The van der Waals surface area contributed by atoms with Crippen molar-refractivity contribution in [2.24, 2.45) is 0 Å². The van der Waals surface area contributed by atoms with Crippen molar-refractivity contribution in [3.05, 3.63) is 51.9 Å². The second-order valence-electron chi connectivity index (χ2n) is 4.53. The van der Waals surface area contributed by atoms with E-state index in [-0.39, 0.29) is 16.9 Å². The molecule has 2 heterocycles. The highest BCUT2D eigenvalue weighted by Gasteiger charge is 2.18. The third-order valence-electron chi connectivity index (χ3n) is 3.16. The molecule has 0 saturated carbocycles. The molecule has 8 heteroatoms. The molecule has 7 nitrogen and oxygen atoms in total. The van der Waals surface area contributed by atoms with Gasteiger partial charge >= 0.3 is 5.63 Å². The van der Waals surface area contributed by atoms with E-state index in [1.54, 1.807) is 30.5 Å². The number of nitrogens with one attached hydrogen (secondary N) is 2. The Balaban J connectivity index is 1.98. The summed E-state index contributed by atoms with van der Waals surface area (Å²) >= 11 is 1.27. The minimum absolute atomic E-state index is 0.145. The second kappa shape index (κ2) is 5.98. The number of aromatic amines is 1. The standard InChI is InChI=1S/C15H10N4O3S/c1-23-14-10(7-16)12(18-19-14)17-13(20)9-6-8-4-2-3-5-11(8)22-15(9)21/h2-6H,1H3,(H2,17,18,19,20). The zero-order valence-corrected chi connectivity index (χ0v) is 12.7. The lowest BCUT2D eigenvalue weighted by molar-refractivity contribution is 0.102. The number of amides is 1. The molecule has 3 rings (SSSR count). The minimum Gasteiger partial charge on any atom is -0.422 e. The molecular weight excluding hydrogens is 316 g/mol. The summed E-state index contributed by atoms with van der Waals surface area (Å²) < 4.78 is 5.12. The van der Waals surface area contributed by atoms with Crippen LogP contribution in [0.5, 0.6) is 0 Å². The summed E-state index contributed by atoms with van der Waals surface area (Å²) in [6, 6.07) is 10.3. The van der Waals surface area contributed by atoms with Crippen LogP contribution in [0.4, 0.5) is 5.82 Å². The number of para-hydroxylation sites is 1. The van der Waals surface area contributed by atoms with Gasteiger partial charge in [0.2, 0.25) is 0 Å². The Morgan fingerprint density at radius 1 is 1.43 bits per heavy atom. The lowest BCUT2D eigenvalue weighted by Crippen LogP contribution is -2.21. The molecule has 0 aliphatic carbocycles. The number of hydrogen-bond acceptors (Lipinski definition) is 6. The van der Waals surface area contributed by atoms with Gasteiger partial charge in [0.15, 0.2) is 0 Å². The lowest BCUT2D eigenvalue weighted by Gasteiger charge is -2.03. The average molecular weight is 326 g/mol. The number of benzene rings is 1. The van der Waals surface area contributed by atoms with Crippen molar-refractivity contribution in [2.45, 2.75) is 5.03 Å². The molecule has 0 aliphatic heterocycles. The molecule has 0 aliphatic rings. The maximum absolute atomic E-state index is 12.3. The molecule has 0 bridgehead atoms. The maximum atomic E-state index is 12.3. The summed E-state index contributed by atoms with van der Waals surface area (Å²) in [5.74, 6) is -0.522. The highest BCUT2D eigenvalue weighted by molar-refractivity contribution is 7.98. The van der Waals surface area contributed by atoms with Gasteiger partial charge in [0.25, 0.3) is 5.91 Å². The summed E-state index contributed by atoms with van der Waals surface area (Å²) in [6.07, 6.45) is 1.76. The van der Waals surface area contributed by atoms with E-state index in [0.29, 0.717) is 16.0 Å². The van der Waals surface area contributed by atoms with Crippen LogP contribution in [0.2, 0.25) is 0 Å². The fourth-order valence-electron chi connectivity index (χ4n) is 2.07. The normalized spacial score (nSPS) is 10.4. The summed E-state index contributed by atoms with van der Waals surface area (Å²) in [4.78, 5) is 24.3. The number of anilines is 1. The van der Waals surface area contributed by atoms with E-state index in [0.717, 1.165) is 0 Å². The largest absolute Gasteiger partial charge is 0.422 e. The van der Waals surface area contributed by atoms with Crippen LogP contribution in [0, 0.1) is 11.3 Å². The zero-order valence-electron chi connectivity index (χ0n) is 11.9. The van der Waals surface area contributed by atoms with Crippen molar-refractivity contribution >= 4 is 34.5 Å². The molecule has 0 spiro atoms. The van der Waals surface area contributed by atoms with Gasteiger partial charge in [-0.3, -0.25) is 9.89 Å². The molecule has 0 radical (unpaired) electrons. The van der Waals surface area contributed by atoms with E-state index in [9.17, 15) is 9.59 Å². The van der Waals surface area contributed by atoms with Crippen molar-refractivity contribution in [3.8, 4) is 6.07 Å². The van der Waals surface area contributed by atoms with Gasteiger partial charge in [0, 0.05) is 5.39 Å². The predicted molar refractivity (Wildman–Crippen MR) is 85.5 cm³/mol. The Morgan fingerprint density at radius 3 is 2.96 bits per heavy atom. The molecule has 1 aromatic carbocycles. The third kappa shape index (κ3) is 2.69. The number of rotatable bonds is 3. The summed E-state index contributed by atoms with van der Waals surface area (Å²) in [5.41, 5.74) is -0.272. The van der Waals surface area contributed by atoms with E-state index in [2.05, 4.69) is 15.5 Å². The number of H-pyrrole nitrogens is 1. The molecule has 0 unspecified atom stereocenters. The Hall–Kier alpha value is -3.05. The first-order valence-corrected chi connectivity index (χ1v) is 7.73. The van der Waals surface area contributed by atoms with Gasteiger partial charge in [-0.05, 0) is 18.4 Å². The van der Waals surface area contributed by atoms with Crippen molar-refractivity contribution in [3.63, 3.8) is 0 Å². The molecule has 2 aromatic heterocycles. The summed E-state index contributed by atoms with van der Waals surface area (Å²) in [7, 11) is 0. The predicted octanol–water partition coefficient (Wildman–Crippen LogP) is 2.36. The zero-order chi connectivity index (χ0) is 16.4. The van der Waals surface area contributed by atoms with Gasteiger partial charge in [-0.1, -0.05) is 18.2 Å².